The van der Waals surface area contributed by atoms with Gasteiger partial charge in [-0.05, 0) is 59.7 Å². The zero-order valence-corrected chi connectivity index (χ0v) is 14.0. The Morgan fingerprint density at radius 3 is 2.32 bits per heavy atom. The number of hydrogen-bond acceptors (Lipinski definition) is 3. The van der Waals surface area contributed by atoms with Crippen molar-refractivity contribution in [2.45, 2.75) is 0 Å². The van der Waals surface area contributed by atoms with Crippen LogP contribution in [0.2, 0.25) is 0 Å². The van der Waals surface area contributed by atoms with Crippen LogP contribution in [0.4, 0.5) is 10.2 Å². The van der Waals surface area contributed by atoms with Crippen molar-refractivity contribution < 1.29 is 4.39 Å². The lowest BCUT2D eigenvalue weighted by atomic mass is 9.99. The zero-order valence-electron chi connectivity index (χ0n) is 14.0. The summed E-state index contributed by atoms with van der Waals surface area (Å²) in [5.41, 5.74) is 4.94. The summed E-state index contributed by atoms with van der Waals surface area (Å²) in [7, 11) is 3.83. The molecule has 5 heteroatoms. The van der Waals surface area contributed by atoms with E-state index in [0.29, 0.717) is 0 Å². The van der Waals surface area contributed by atoms with E-state index in [-0.39, 0.29) is 5.82 Å². The monoisotopic (exact) mass is 332 g/mol. The molecule has 0 amide bonds. The van der Waals surface area contributed by atoms with Crippen molar-refractivity contribution in [3.05, 3.63) is 66.7 Å². The minimum Gasteiger partial charge on any atom is -0.373 e. The van der Waals surface area contributed by atoms with Gasteiger partial charge in [0.2, 0.25) is 0 Å². The molecule has 1 aromatic carbocycles. The van der Waals surface area contributed by atoms with Crippen LogP contribution in [0, 0.1) is 5.82 Å². The van der Waals surface area contributed by atoms with Gasteiger partial charge >= 0.3 is 0 Å². The molecule has 0 saturated carbocycles. The number of aromatic nitrogens is 3. The van der Waals surface area contributed by atoms with Crippen LogP contribution in [0.15, 0.2) is 60.9 Å². The fraction of sp³-hybridized carbons (Fsp3) is 0.100. The van der Waals surface area contributed by atoms with Gasteiger partial charge < -0.3 is 9.88 Å². The minimum atomic E-state index is -0.247. The number of fused-ring (bicyclic) bond motifs is 1. The van der Waals surface area contributed by atoms with E-state index in [1.54, 1.807) is 24.5 Å². The van der Waals surface area contributed by atoms with Crippen LogP contribution in [0.25, 0.3) is 33.4 Å². The second-order valence-electron chi connectivity index (χ2n) is 5.84. The fourth-order valence-electron chi connectivity index (χ4n) is 3.20. The number of benzene rings is 1. The molecule has 4 nitrogen and oxygen atoms in total. The third-order valence-corrected chi connectivity index (χ3v) is 4.38. The highest BCUT2D eigenvalue weighted by atomic mass is 19.1. The van der Waals surface area contributed by atoms with E-state index in [4.69, 9.17) is 4.98 Å². The first-order chi connectivity index (χ1) is 12.2. The molecule has 4 rings (SSSR count). The van der Waals surface area contributed by atoms with E-state index in [9.17, 15) is 4.39 Å². The molecule has 0 saturated heterocycles. The van der Waals surface area contributed by atoms with E-state index in [0.717, 1.165) is 39.2 Å². The molecule has 0 fully saturated rings. The largest absolute Gasteiger partial charge is 0.373 e. The summed E-state index contributed by atoms with van der Waals surface area (Å²) in [6.45, 7) is 0. The number of nitrogens with one attached hydrogen (secondary N) is 1. The Morgan fingerprint density at radius 1 is 0.920 bits per heavy atom. The summed E-state index contributed by atoms with van der Waals surface area (Å²) in [5, 5.41) is 4.13. The standard InChI is InChI=1S/C20H17FN4/c1-22-17-8-7-16-18(13-9-11-23-12-10-13)19(25(2)20(16)24-17)14-3-5-15(21)6-4-14/h3-12H,1-2H3,(H,22,24). The first-order valence-electron chi connectivity index (χ1n) is 8.02. The van der Waals surface area contributed by atoms with E-state index in [2.05, 4.69) is 20.9 Å². The predicted octanol–water partition coefficient (Wildman–Crippen LogP) is 4.48. The molecule has 124 valence electrons. The van der Waals surface area contributed by atoms with Crippen molar-refractivity contribution in [1.82, 2.24) is 14.5 Å². The first-order valence-corrected chi connectivity index (χ1v) is 8.02. The molecule has 0 unspecified atom stereocenters. The van der Waals surface area contributed by atoms with Gasteiger partial charge in [-0.2, -0.15) is 0 Å². The lowest BCUT2D eigenvalue weighted by molar-refractivity contribution is 0.628. The van der Waals surface area contributed by atoms with Crippen LogP contribution in [0.5, 0.6) is 0 Å². The van der Waals surface area contributed by atoms with Crippen LogP contribution in [0.1, 0.15) is 0 Å². The van der Waals surface area contributed by atoms with E-state index in [1.807, 2.05) is 32.3 Å². The number of halogens is 1. The van der Waals surface area contributed by atoms with Gasteiger partial charge in [-0.15, -0.1) is 0 Å². The summed E-state index contributed by atoms with van der Waals surface area (Å²) >= 11 is 0. The third kappa shape index (κ3) is 2.54. The Bertz CT molecular complexity index is 1040. The van der Waals surface area contributed by atoms with Crippen LogP contribution >= 0.6 is 0 Å². The number of pyridine rings is 2. The highest BCUT2D eigenvalue weighted by molar-refractivity contribution is 6.03. The summed E-state index contributed by atoms with van der Waals surface area (Å²) in [5.74, 6) is 0.559. The van der Waals surface area contributed by atoms with Crippen molar-refractivity contribution in [2.24, 2.45) is 7.05 Å². The van der Waals surface area contributed by atoms with E-state index in [1.165, 1.54) is 12.1 Å². The van der Waals surface area contributed by atoms with Crippen molar-refractivity contribution in [2.75, 3.05) is 12.4 Å². The average Bonchev–Trinajstić information content (AvgIpc) is 2.95. The lowest BCUT2D eigenvalue weighted by Crippen LogP contribution is -1.96. The molecule has 0 aliphatic heterocycles. The molecule has 0 radical (unpaired) electrons. The maximum Gasteiger partial charge on any atom is 0.143 e. The van der Waals surface area contributed by atoms with E-state index >= 15 is 0 Å². The van der Waals surface area contributed by atoms with E-state index < -0.39 is 0 Å². The molecule has 0 bridgehead atoms. The van der Waals surface area contributed by atoms with Crippen LogP contribution in [-0.4, -0.2) is 21.6 Å². The zero-order chi connectivity index (χ0) is 17.4. The van der Waals surface area contributed by atoms with Gasteiger partial charge in [-0.1, -0.05) is 0 Å². The van der Waals surface area contributed by atoms with Crippen LogP contribution < -0.4 is 5.32 Å². The highest BCUT2D eigenvalue weighted by Gasteiger charge is 2.19. The number of nitrogens with zero attached hydrogens (tertiary/aromatic N) is 3. The van der Waals surface area contributed by atoms with Gasteiger partial charge in [0, 0.05) is 37.4 Å². The van der Waals surface area contributed by atoms with Gasteiger partial charge in [-0.25, -0.2) is 9.37 Å². The molecule has 0 aliphatic carbocycles. The summed E-state index contributed by atoms with van der Waals surface area (Å²) < 4.78 is 15.4. The first kappa shape index (κ1) is 15.3. The van der Waals surface area contributed by atoms with Gasteiger partial charge in [0.1, 0.15) is 17.3 Å². The SMILES string of the molecule is CNc1ccc2c(-c3ccncc3)c(-c3ccc(F)cc3)n(C)c2n1. The minimum absolute atomic E-state index is 0.247. The molecule has 4 aromatic rings. The molecule has 0 aliphatic rings. The van der Waals surface area contributed by atoms with Crippen LogP contribution in [0.3, 0.4) is 0 Å². The average molecular weight is 332 g/mol. The molecule has 25 heavy (non-hydrogen) atoms. The fourth-order valence-corrected chi connectivity index (χ4v) is 3.20. The van der Waals surface area contributed by atoms with Gasteiger partial charge in [0.05, 0.1) is 5.69 Å². The second-order valence-corrected chi connectivity index (χ2v) is 5.84. The predicted molar refractivity (Wildman–Crippen MR) is 98.9 cm³/mol. The highest BCUT2D eigenvalue weighted by Crippen LogP contribution is 2.39. The molecular formula is C20H17FN4. The van der Waals surface area contributed by atoms with Crippen molar-refractivity contribution >= 4 is 16.9 Å². The normalized spacial score (nSPS) is 11.0. The maximum absolute atomic E-state index is 13.4. The lowest BCUT2D eigenvalue weighted by Gasteiger charge is -2.08. The number of hydrogen-bond donors (Lipinski definition) is 1. The Morgan fingerprint density at radius 2 is 1.64 bits per heavy atom. The number of aryl methyl sites for hydroxylation is 1. The molecule has 3 heterocycles. The summed E-state index contributed by atoms with van der Waals surface area (Å²) in [6, 6.07) is 14.5. The van der Waals surface area contributed by atoms with Gasteiger partial charge in [0.15, 0.2) is 0 Å². The quantitative estimate of drug-likeness (QED) is 0.601. The van der Waals surface area contributed by atoms with Gasteiger partial charge in [-0.3, -0.25) is 4.98 Å². The van der Waals surface area contributed by atoms with Gasteiger partial charge in [0.25, 0.3) is 0 Å². The number of rotatable bonds is 3. The Labute approximate surface area is 145 Å². The van der Waals surface area contributed by atoms with Crippen molar-refractivity contribution in [3.63, 3.8) is 0 Å². The number of anilines is 1. The third-order valence-electron chi connectivity index (χ3n) is 4.38. The molecule has 0 atom stereocenters. The molecule has 3 aromatic heterocycles. The Hall–Kier alpha value is -3.21. The molecular weight excluding hydrogens is 315 g/mol. The van der Waals surface area contributed by atoms with Crippen molar-refractivity contribution in [1.29, 1.82) is 0 Å². The Kier molecular flexibility index (Phi) is 3.69. The molecule has 1 N–H and O–H groups in total. The van der Waals surface area contributed by atoms with Crippen molar-refractivity contribution in [3.8, 4) is 22.4 Å². The van der Waals surface area contributed by atoms with Crippen LogP contribution in [-0.2, 0) is 7.05 Å². The summed E-state index contributed by atoms with van der Waals surface area (Å²) in [4.78, 5) is 8.82. The maximum atomic E-state index is 13.4. The second kappa shape index (κ2) is 6.02. The smallest absolute Gasteiger partial charge is 0.143 e. The summed E-state index contributed by atoms with van der Waals surface area (Å²) in [6.07, 6.45) is 3.55. The molecule has 0 spiro atoms. The Balaban J connectivity index is 2.09. The topological polar surface area (TPSA) is 42.7 Å².